The molecule has 0 aliphatic heterocycles. The summed E-state index contributed by atoms with van der Waals surface area (Å²) in [7, 11) is 2.58. The van der Waals surface area contributed by atoms with E-state index >= 15 is 0 Å². The number of esters is 1. The number of hydrogen-bond donors (Lipinski definition) is 0. The first kappa shape index (κ1) is 24.1. The molecule has 2 aromatic rings. The largest absolute Gasteiger partial charge is 0.496 e. The number of rotatable bonds is 8. The summed E-state index contributed by atoms with van der Waals surface area (Å²) in [6, 6.07) is 6.06. The molecule has 2 aromatic carbocycles. The van der Waals surface area contributed by atoms with Gasteiger partial charge in [0.25, 0.3) is 5.69 Å². The molecule has 0 fully saturated rings. The molecule has 0 spiro atoms. The molecule has 0 radical (unpaired) electrons. The van der Waals surface area contributed by atoms with Gasteiger partial charge in [0.15, 0.2) is 17.3 Å². The van der Waals surface area contributed by atoms with E-state index in [0.29, 0.717) is 0 Å². The first-order valence-corrected chi connectivity index (χ1v) is 9.97. The number of ether oxygens (including phenoxy) is 3. The van der Waals surface area contributed by atoms with Gasteiger partial charge in [-0.2, -0.15) is 0 Å². The van der Waals surface area contributed by atoms with Crippen LogP contribution in [0.3, 0.4) is 0 Å². The van der Waals surface area contributed by atoms with Crippen molar-refractivity contribution >= 4 is 35.1 Å². The molecule has 0 N–H and O–H groups in total. The van der Waals surface area contributed by atoms with Gasteiger partial charge in [-0.25, -0.2) is 4.79 Å². The zero-order valence-corrected chi connectivity index (χ0v) is 18.4. The molecule has 0 atom stereocenters. The van der Waals surface area contributed by atoms with Gasteiger partial charge in [0.1, 0.15) is 17.1 Å². The van der Waals surface area contributed by atoms with Gasteiger partial charge in [0.05, 0.1) is 36.9 Å². The van der Waals surface area contributed by atoms with Gasteiger partial charge >= 0.3 is 5.97 Å². The summed E-state index contributed by atoms with van der Waals surface area (Å²) < 4.78 is 15.7. The van der Waals surface area contributed by atoms with Crippen molar-refractivity contribution in [3.8, 4) is 11.5 Å². The SMILES string of the molecule is CCOC(=O)/C(=C/c1cc(OC)c2c(c1OC)C(=O)C=CC2=O)C(=O)c1ccc([N+](=O)[O-])cc1. The third-order valence-corrected chi connectivity index (χ3v) is 4.96. The van der Waals surface area contributed by atoms with Gasteiger partial charge < -0.3 is 14.2 Å². The minimum absolute atomic E-state index is 0.00276. The first-order chi connectivity index (χ1) is 16.2. The number of nitro benzene ring substituents is 1. The van der Waals surface area contributed by atoms with Crippen LogP contribution < -0.4 is 9.47 Å². The fourth-order valence-corrected chi connectivity index (χ4v) is 3.42. The van der Waals surface area contributed by atoms with Crippen LogP contribution >= 0.6 is 0 Å². The van der Waals surface area contributed by atoms with Gasteiger partial charge in [-0.3, -0.25) is 24.5 Å². The maximum atomic E-state index is 13.2. The van der Waals surface area contributed by atoms with Gasteiger partial charge in [0.2, 0.25) is 0 Å². The van der Waals surface area contributed by atoms with E-state index in [-0.39, 0.29) is 46.0 Å². The highest BCUT2D eigenvalue weighted by Crippen LogP contribution is 2.38. The number of carbonyl (C=O) groups is 4. The second kappa shape index (κ2) is 9.90. The van der Waals surface area contributed by atoms with E-state index in [1.54, 1.807) is 6.92 Å². The molecular weight excluding hydrogens is 446 g/mol. The monoisotopic (exact) mass is 465 g/mol. The molecule has 0 saturated heterocycles. The highest BCUT2D eigenvalue weighted by molar-refractivity contribution is 6.28. The van der Waals surface area contributed by atoms with Crippen LogP contribution in [0.15, 0.2) is 48.1 Å². The number of allylic oxidation sites excluding steroid dienone is 2. The average molecular weight is 465 g/mol. The lowest BCUT2D eigenvalue weighted by atomic mass is 9.89. The Labute approximate surface area is 193 Å². The number of nitrogens with zero attached hydrogens (tertiary/aromatic N) is 1. The summed E-state index contributed by atoms with van der Waals surface area (Å²) in [5, 5.41) is 10.9. The van der Waals surface area contributed by atoms with Crippen molar-refractivity contribution < 1.29 is 38.3 Å². The minimum atomic E-state index is -0.952. The highest BCUT2D eigenvalue weighted by atomic mass is 16.6. The van der Waals surface area contributed by atoms with Crippen LogP contribution in [0.25, 0.3) is 6.08 Å². The fraction of sp³-hybridized carbons (Fsp3) is 0.167. The van der Waals surface area contributed by atoms with Crippen LogP contribution in [0, 0.1) is 10.1 Å². The Morgan fingerprint density at radius 2 is 1.62 bits per heavy atom. The van der Waals surface area contributed by atoms with Gasteiger partial charge in [0, 0.05) is 23.3 Å². The van der Waals surface area contributed by atoms with E-state index in [4.69, 9.17) is 14.2 Å². The Morgan fingerprint density at radius 1 is 1.00 bits per heavy atom. The maximum Gasteiger partial charge on any atom is 0.342 e. The molecule has 3 rings (SSSR count). The normalized spacial score (nSPS) is 12.7. The van der Waals surface area contributed by atoms with E-state index in [9.17, 15) is 29.3 Å². The minimum Gasteiger partial charge on any atom is -0.496 e. The van der Waals surface area contributed by atoms with Crippen molar-refractivity contribution in [2.24, 2.45) is 0 Å². The quantitative estimate of drug-likeness (QED) is 0.109. The Kier molecular flexibility index (Phi) is 7.01. The topological polar surface area (TPSA) is 139 Å². The smallest absolute Gasteiger partial charge is 0.342 e. The summed E-state index contributed by atoms with van der Waals surface area (Å²) in [6.07, 6.45) is 3.37. The molecule has 0 aromatic heterocycles. The number of methoxy groups -OCH3 is 2. The van der Waals surface area contributed by atoms with Crippen molar-refractivity contribution in [2.75, 3.05) is 20.8 Å². The first-order valence-electron chi connectivity index (χ1n) is 9.97. The predicted molar refractivity (Wildman–Crippen MR) is 119 cm³/mol. The molecular formula is C24H19NO9. The zero-order chi connectivity index (χ0) is 25.0. The van der Waals surface area contributed by atoms with Crippen LogP contribution in [-0.2, 0) is 9.53 Å². The lowest BCUT2D eigenvalue weighted by molar-refractivity contribution is -0.384. The summed E-state index contributed by atoms with van der Waals surface area (Å²) in [4.78, 5) is 61.1. The number of hydrogen-bond acceptors (Lipinski definition) is 9. The molecule has 0 unspecified atom stereocenters. The lowest BCUT2D eigenvalue weighted by Crippen LogP contribution is -2.18. The fourth-order valence-electron chi connectivity index (χ4n) is 3.42. The molecule has 0 saturated carbocycles. The van der Waals surface area contributed by atoms with Crippen molar-refractivity contribution in [1.82, 2.24) is 0 Å². The third-order valence-electron chi connectivity index (χ3n) is 4.96. The molecule has 1 aliphatic carbocycles. The zero-order valence-electron chi connectivity index (χ0n) is 18.4. The maximum absolute atomic E-state index is 13.2. The highest BCUT2D eigenvalue weighted by Gasteiger charge is 2.30. The number of non-ortho nitro benzene ring substituents is 1. The van der Waals surface area contributed by atoms with Crippen molar-refractivity contribution in [3.63, 3.8) is 0 Å². The summed E-state index contributed by atoms with van der Waals surface area (Å²) in [5.74, 6) is -2.68. The van der Waals surface area contributed by atoms with E-state index < -0.39 is 33.8 Å². The van der Waals surface area contributed by atoms with Crippen molar-refractivity contribution in [1.29, 1.82) is 0 Å². The van der Waals surface area contributed by atoms with E-state index in [1.807, 2.05) is 0 Å². The van der Waals surface area contributed by atoms with Gasteiger partial charge in [-0.1, -0.05) is 0 Å². The van der Waals surface area contributed by atoms with Crippen molar-refractivity contribution in [3.05, 3.63) is 80.4 Å². The number of carbonyl (C=O) groups excluding carboxylic acids is 4. The predicted octanol–water partition coefficient (Wildman–Crippen LogP) is 3.38. The molecule has 0 amide bonds. The van der Waals surface area contributed by atoms with Crippen LogP contribution in [0.5, 0.6) is 11.5 Å². The van der Waals surface area contributed by atoms with Crippen molar-refractivity contribution in [2.45, 2.75) is 6.92 Å². The molecule has 10 nitrogen and oxygen atoms in total. The number of Topliss-reactive ketones (excluding diaryl/α,β-unsaturated/α-hetero) is 1. The molecule has 174 valence electrons. The Hall–Kier alpha value is -4.60. The van der Waals surface area contributed by atoms with Crippen LogP contribution in [-0.4, -0.2) is 49.1 Å². The summed E-state index contributed by atoms with van der Waals surface area (Å²) >= 11 is 0. The molecule has 10 heteroatoms. The molecule has 0 heterocycles. The molecule has 0 bridgehead atoms. The Morgan fingerprint density at radius 3 is 2.15 bits per heavy atom. The van der Waals surface area contributed by atoms with Crippen LogP contribution in [0.2, 0.25) is 0 Å². The average Bonchev–Trinajstić information content (AvgIpc) is 2.83. The summed E-state index contributed by atoms with van der Waals surface area (Å²) in [6.45, 7) is 1.54. The molecule has 34 heavy (non-hydrogen) atoms. The van der Waals surface area contributed by atoms with Crippen LogP contribution in [0.4, 0.5) is 5.69 Å². The van der Waals surface area contributed by atoms with E-state index in [2.05, 4.69) is 0 Å². The second-order valence-corrected chi connectivity index (χ2v) is 6.92. The lowest BCUT2D eigenvalue weighted by Gasteiger charge is -2.19. The Bertz CT molecular complexity index is 1270. The Balaban J connectivity index is 2.22. The molecule has 1 aliphatic rings. The second-order valence-electron chi connectivity index (χ2n) is 6.92. The summed E-state index contributed by atoms with van der Waals surface area (Å²) in [5.41, 5.74) is -0.581. The number of nitro groups is 1. The number of ketones is 3. The number of benzene rings is 2. The number of fused-ring (bicyclic) bond motifs is 1. The van der Waals surface area contributed by atoms with E-state index in [1.165, 1.54) is 38.5 Å². The van der Waals surface area contributed by atoms with E-state index in [0.717, 1.165) is 24.3 Å². The standard InChI is InChI=1S/C24H19NO9/c1-4-34-24(29)16(22(28)13-5-7-15(8-6-13)25(30)31)11-14-12-19(32-2)20-17(26)9-10-18(27)21(20)23(14)33-3/h5-12H,4H2,1-3H3/b16-11+. The third kappa shape index (κ3) is 4.46. The van der Waals surface area contributed by atoms with Crippen LogP contribution in [0.1, 0.15) is 43.6 Å². The van der Waals surface area contributed by atoms with Gasteiger partial charge in [-0.15, -0.1) is 0 Å². The van der Waals surface area contributed by atoms with Gasteiger partial charge in [-0.05, 0) is 43.4 Å².